The van der Waals surface area contributed by atoms with E-state index in [1.54, 1.807) is 0 Å². The molecule has 0 fully saturated rings. The number of hydrogen-bond donors (Lipinski definition) is 0. The second-order valence-electron chi connectivity index (χ2n) is 15.2. The lowest BCUT2D eigenvalue weighted by Gasteiger charge is -2.24. The van der Waals surface area contributed by atoms with Gasteiger partial charge in [0.1, 0.15) is 17.0 Å². The van der Waals surface area contributed by atoms with Crippen LogP contribution < -0.4 is 0 Å². The van der Waals surface area contributed by atoms with Crippen molar-refractivity contribution in [1.82, 2.24) is 9.55 Å². The predicted octanol–water partition coefficient (Wildman–Crippen LogP) is 13.5. The Labute approximate surface area is 295 Å². The molecule has 2 heterocycles. The van der Waals surface area contributed by atoms with Gasteiger partial charge in [0.2, 0.25) is 0 Å². The van der Waals surface area contributed by atoms with Crippen molar-refractivity contribution in [2.75, 3.05) is 0 Å². The Kier molecular flexibility index (Phi) is 7.75. The number of hydrogen-bond acceptors (Lipinski definition) is 2. The van der Waals surface area contributed by atoms with Crippen molar-refractivity contribution in [3.05, 3.63) is 144 Å². The van der Waals surface area contributed by atoms with Crippen LogP contribution in [0.4, 0.5) is 0 Å². The lowest BCUT2D eigenvalue weighted by Crippen LogP contribution is -2.11. The van der Waals surface area contributed by atoms with Gasteiger partial charge in [-0.1, -0.05) is 139 Å². The van der Waals surface area contributed by atoms with E-state index >= 15 is 0 Å². The van der Waals surface area contributed by atoms with Crippen molar-refractivity contribution in [2.45, 2.75) is 65.7 Å². The molecular weight excluding hydrogens is 609 g/mol. The zero-order valence-electron chi connectivity index (χ0n) is 30.1. The number of furan rings is 1. The summed E-state index contributed by atoms with van der Waals surface area (Å²) >= 11 is 0. The van der Waals surface area contributed by atoms with Crippen molar-refractivity contribution < 1.29 is 4.42 Å². The van der Waals surface area contributed by atoms with Gasteiger partial charge in [0.15, 0.2) is 0 Å². The van der Waals surface area contributed by atoms with Crippen LogP contribution in [0.25, 0.3) is 72.3 Å². The predicted molar refractivity (Wildman–Crippen MR) is 212 cm³/mol. The van der Waals surface area contributed by atoms with Crippen molar-refractivity contribution in [1.29, 1.82) is 0 Å². The molecule has 0 amide bonds. The third kappa shape index (κ3) is 5.33. The summed E-state index contributed by atoms with van der Waals surface area (Å²) in [6.45, 7) is 16.0. The van der Waals surface area contributed by atoms with Crippen molar-refractivity contribution in [3.8, 4) is 39.3 Å². The van der Waals surface area contributed by atoms with Crippen LogP contribution in [0.15, 0.2) is 132 Å². The molecule has 0 radical (unpaired) electrons. The van der Waals surface area contributed by atoms with Crippen molar-refractivity contribution in [2.24, 2.45) is 0 Å². The molecule has 3 nitrogen and oxygen atoms in total. The largest absolute Gasteiger partial charge is 0.455 e. The Morgan fingerprint density at radius 1 is 0.600 bits per heavy atom. The third-order valence-corrected chi connectivity index (χ3v) is 10.1. The van der Waals surface area contributed by atoms with Gasteiger partial charge in [-0.25, -0.2) is 4.98 Å². The fourth-order valence-corrected chi connectivity index (χ4v) is 7.55. The molecule has 3 heteroatoms. The maximum atomic E-state index is 6.78. The minimum absolute atomic E-state index is 0.0264. The molecule has 50 heavy (non-hydrogen) atoms. The van der Waals surface area contributed by atoms with E-state index in [2.05, 4.69) is 180 Å². The molecule has 2 aromatic heterocycles. The van der Waals surface area contributed by atoms with Gasteiger partial charge in [-0.3, -0.25) is 4.57 Å². The van der Waals surface area contributed by atoms with E-state index in [0.717, 1.165) is 39.0 Å². The van der Waals surface area contributed by atoms with Gasteiger partial charge in [0, 0.05) is 10.8 Å². The Morgan fingerprint density at radius 2 is 1.20 bits per heavy atom. The second-order valence-corrected chi connectivity index (χ2v) is 15.2. The first-order valence-electron chi connectivity index (χ1n) is 17.9. The zero-order valence-corrected chi connectivity index (χ0v) is 30.1. The minimum atomic E-state index is -0.0264. The first-order valence-corrected chi connectivity index (χ1v) is 17.9. The molecule has 0 saturated heterocycles. The normalized spacial score (nSPS) is 12.3. The van der Waals surface area contributed by atoms with Gasteiger partial charge in [-0.2, -0.15) is 0 Å². The van der Waals surface area contributed by atoms with Gasteiger partial charge >= 0.3 is 0 Å². The van der Waals surface area contributed by atoms with E-state index in [9.17, 15) is 0 Å². The smallest absolute Gasteiger partial charge is 0.149 e. The molecule has 8 rings (SSSR count). The van der Waals surface area contributed by atoms with Gasteiger partial charge < -0.3 is 4.42 Å². The summed E-state index contributed by atoms with van der Waals surface area (Å²) in [7, 11) is 0. The molecule has 6 aromatic carbocycles. The highest BCUT2D eigenvalue weighted by Crippen LogP contribution is 2.44. The summed E-state index contributed by atoms with van der Waals surface area (Å²) in [5.74, 6) is 1.45. The van der Waals surface area contributed by atoms with E-state index in [4.69, 9.17) is 9.40 Å². The Bertz CT molecular complexity index is 2480. The average Bonchev–Trinajstić information content (AvgIpc) is 3.70. The number of fused-ring (bicyclic) bond motifs is 4. The van der Waals surface area contributed by atoms with Crippen LogP contribution in [-0.4, -0.2) is 9.55 Å². The number of para-hydroxylation sites is 3. The third-order valence-electron chi connectivity index (χ3n) is 10.1. The standard InChI is InChI=1S/C47H44N2O/c1-29(2)37-27-34(33-25-23-32(24-26-33)31-15-9-8-10-16-31)28-38(30(3)4)44(37)49-41-21-12-11-20-40(41)48-46(49)36-18-13-17-35-43-39(47(5,6)7)19-14-22-42(43)50-45(35)36/h8-30H,1-7H3. The monoisotopic (exact) mass is 652 g/mol. The highest BCUT2D eigenvalue weighted by molar-refractivity contribution is 6.11. The van der Waals surface area contributed by atoms with Crippen LogP contribution in [-0.2, 0) is 5.41 Å². The lowest BCUT2D eigenvalue weighted by molar-refractivity contribution is 0.594. The number of benzene rings is 6. The highest BCUT2D eigenvalue weighted by Gasteiger charge is 2.27. The molecule has 0 bridgehead atoms. The summed E-state index contributed by atoms with van der Waals surface area (Å²) in [6, 6.07) is 45.9. The van der Waals surface area contributed by atoms with E-state index in [0.29, 0.717) is 0 Å². The number of imidazole rings is 1. The number of rotatable bonds is 6. The molecule has 0 aliphatic carbocycles. The molecule has 0 atom stereocenters. The first kappa shape index (κ1) is 31.8. The fraction of sp³-hybridized carbons (Fsp3) is 0.213. The van der Waals surface area contributed by atoms with Gasteiger partial charge in [0.05, 0.1) is 22.3 Å². The summed E-state index contributed by atoms with van der Waals surface area (Å²) in [5.41, 5.74) is 14.8. The van der Waals surface area contributed by atoms with E-state index in [1.807, 2.05) is 0 Å². The summed E-state index contributed by atoms with van der Waals surface area (Å²) < 4.78 is 9.19. The zero-order chi connectivity index (χ0) is 34.7. The van der Waals surface area contributed by atoms with Crippen LogP contribution in [0, 0.1) is 0 Å². The van der Waals surface area contributed by atoms with Gasteiger partial charge in [0.25, 0.3) is 0 Å². The topological polar surface area (TPSA) is 31.0 Å². The average molecular weight is 653 g/mol. The molecule has 0 N–H and O–H groups in total. The molecule has 0 aliphatic rings. The second kappa shape index (κ2) is 12.2. The summed E-state index contributed by atoms with van der Waals surface area (Å²) in [6.07, 6.45) is 0. The maximum Gasteiger partial charge on any atom is 0.149 e. The Morgan fingerprint density at radius 3 is 1.86 bits per heavy atom. The van der Waals surface area contributed by atoms with Crippen LogP contribution in [0.3, 0.4) is 0 Å². The quantitative estimate of drug-likeness (QED) is 0.179. The van der Waals surface area contributed by atoms with Gasteiger partial charge in [-0.05, 0) is 92.6 Å². The lowest BCUT2D eigenvalue weighted by atomic mass is 9.84. The summed E-state index contributed by atoms with van der Waals surface area (Å²) in [5, 5.41) is 2.32. The van der Waals surface area contributed by atoms with Crippen LogP contribution in [0.1, 0.15) is 77.0 Å². The SMILES string of the molecule is CC(C)c1cc(-c2ccc(-c3ccccc3)cc2)cc(C(C)C)c1-n1c(-c2cccc3c2oc2cccc(C(C)(C)C)c23)nc2ccccc21. The van der Waals surface area contributed by atoms with Crippen LogP contribution >= 0.6 is 0 Å². The number of nitrogens with zero attached hydrogens (tertiary/aromatic N) is 2. The fourth-order valence-electron chi connectivity index (χ4n) is 7.55. The maximum absolute atomic E-state index is 6.78. The molecule has 0 unspecified atom stereocenters. The van der Waals surface area contributed by atoms with Crippen LogP contribution in [0.5, 0.6) is 0 Å². The van der Waals surface area contributed by atoms with E-state index in [1.165, 1.54) is 50.0 Å². The molecule has 0 aliphatic heterocycles. The Hall–Kier alpha value is -5.41. The van der Waals surface area contributed by atoms with Crippen LogP contribution in [0.2, 0.25) is 0 Å². The molecule has 8 aromatic rings. The minimum Gasteiger partial charge on any atom is -0.455 e. The molecular formula is C47H44N2O. The summed E-state index contributed by atoms with van der Waals surface area (Å²) in [4.78, 5) is 5.37. The van der Waals surface area contributed by atoms with Gasteiger partial charge in [-0.15, -0.1) is 0 Å². The first-order chi connectivity index (χ1) is 24.1. The van der Waals surface area contributed by atoms with E-state index in [-0.39, 0.29) is 17.3 Å². The highest BCUT2D eigenvalue weighted by atomic mass is 16.3. The van der Waals surface area contributed by atoms with Crippen molar-refractivity contribution in [3.63, 3.8) is 0 Å². The Balaban J connectivity index is 1.38. The van der Waals surface area contributed by atoms with Crippen molar-refractivity contribution >= 4 is 33.0 Å². The number of aromatic nitrogens is 2. The molecule has 0 saturated carbocycles. The van der Waals surface area contributed by atoms with E-state index < -0.39 is 0 Å². The molecule has 0 spiro atoms. The molecule has 248 valence electrons.